The highest BCUT2D eigenvalue weighted by Gasteiger charge is 2.29. The van der Waals surface area contributed by atoms with Gasteiger partial charge >= 0.3 is 5.97 Å². The van der Waals surface area contributed by atoms with Crippen LogP contribution in [-0.2, 0) is 9.53 Å². The van der Waals surface area contributed by atoms with Crippen LogP contribution in [0.25, 0.3) is 0 Å². The van der Waals surface area contributed by atoms with Gasteiger partial charge in [-0.3, -0.25) is 0 Å². The van der Waals surface area contributed by atoms with E-state index in [4.69, 9.17) is 14.2 Å². The number of hydrogen-bond acceptors (Lipinski definition) is 5. The molecule has 98 valence electrons. The number of hydrogen-bond donors (Lipinski definition) is 1. The lowest BCUT2D eigenvalue weighted by molar-refractivity contribution is -0.143. The van der Waals surface area contributed by atoms with Gasteiger partial charge in [0.2, 0.25) is 0 Å². The minimum Gasteiger partial charge on any atom is -0.493 e. The lowest BCUT2D eigenvalue weighted by atomic mass is 10.1. The topological polar surface area (TPSA) is 65.0 Å². The van der Waals surface area contributed by atoms with Crippen LogP contribution < -0.4 is 9.47 Å². The third kappa shape index (κ3) is 2.56. The van der Waals surface area contributed by atoms with E-state index in [0.717, 1.165) is 5.56 Å². The molecule has 1 aromatic carbocycles. The van der Waals surface area contributed by atoms with Crippen LogP contribution in [-0.4, -0.2) is 30.9 Å². The van der Waals surface area contributed by atoms with Crippen LogP contribution in [0.4, 0.5) is 0 Å². The first-order chi connectivity index (χ1) is 8.61. The van der Waals surface area contributed by atoms with Gasteiger partial charge in [0, 0.05) is 6.42 Å². The average molecular weight is 252 g/mol. The molecule has 1 fully saturated rings. The molecule has 1 aliphatic heterocycles. The predicted octanol–water partition coefficient (Wildman–Crippen LogP) is 1.44. The summed E-state index contributed by atoms with van der Waals surface area (Å²) < 4.78 is 15.6. The van der Waals surface area contributed by atoms with Crippen LogP contribution in [0.15, 0.2) is 18.2 Å². The molecule has 1 N–H and O–H groups in total. The van der Waals surface area contributed by atoms with Crippen LogP contribution >= 0.6 is 0 Å². The van der Waals surface area contributed by atoms with Gasteiger partial charge in [-0.1, -0.05) is 6.07 Å². The van der Waals surface area contributed by atoms with Crippen molar-refractivity contribution in [2.75, 3.05) is 13.7 Å². The quantitative estimate of drug-likeness (QED) is 0.821. The zero-order valence-electron chi connectivity index (χ0n) is 10.4. The second-order valence-corrected chi connectivity index (χ2v) is 4.15. The van der Waals surface area contributed by atoms with E-state index in [1.807, 2.05) is 0 Å². The number of aliphatic hydroxyl groups is 1. The van der Waals surface area contributed by atoms with Gasteiger partial charge in [0.15, 0.2) is 17.6 Å². The van der Waals surface area contributed by atoms with Crippen molar-refractivity contribution in [2.24, 2.45) is 0 Å². The summed E-state index contributed by atoms with van der Waals surface area (Å²) in [6.07, 6.45) is -0.610. The molecule has 0 spiro atoms. The molecule has 0 bridgehead atoms. The molecule has 1 heterocycles. The Morgan fingerprint density at radius 3 is 2.78 bits per heavy atom. The first-order valence-corrected chi connectivity index (χ1v) is 5.81. The Morgan fingerprint density at radius 2 is 2.22 bits per heavy atom. The highest BCUT2D eigenvalue weighted by Crippen LogP contribution is 2.32. The molecule has 1 unspecified atom stereocenters. The number of aliphatic hydroxyl groups excluding tert-OH is 1. The van der Waals surface area contributed by atoms with Gasteiger partial charge < -0.3 is 19.3 Å². The number of ether oxygens (including phenoxy) is 3. The largest absolute Gasteiger partial charge is 0.493 e. The highest BCUT2D eigenvalue weighted by molar-refractivity contribution is 5.77. The molecule has 0 saturated carbocycles. The van der Waals surface area contributed by atoms with E-state index < -0.39 is 12.2 Å². The van der Waals surface area contributed by atoms with Crippen molar-refractivity contribution in [3.05, 3.63) is 23.8 Å². The van der Waals surface area contributed by atoms with E-state index in [1.165, 1.54) is 7.11 Å². The fraction of sp³-hybridized carbons (Fsp3) is 0.462. The molecule has 2 rings (SSSR count). The van der Waals surface area contributed by atoms with Crippen molar-refractivity contribution in [3.8, 4) is 11.5 Å². The van der Waals surface area contributed by atoms with E-state index in [0.29, 0.717) is 24.5 Å². The summed E-state index contributed by atoms with van der Waals surface area (Å²) in [5.41, 5.74) is 0.730. The van der Waals surface area contributed by atoms with Gasteiger partial charge in [-0.15, -0.1) is 0 Å². The number of rotatable bonds is 4. The number of cyclic esters (lactones) is 1. The third-order valence-corrected chi connectivity index (χ3v) is 2.83. The van der Waals surface area contributed by atoms with E-state index in [1.54, 1.807) is 25.1 Å². The van der Waals surface area contributed by atoms with Crippen molar-refractivity contribution in [1.29, 1.82) is 0 Å². The Bertz CT molecular complexity index is 441. The fourth-order valence-corrected chi connectivity index (χ4v) is 1.78. The second-order valence-electron chi connectivity index (χ2n) is 4.15. The Hall–Kier alpha value is -1.75. The van der Waals surface area contributed by atoms with Crippen LogP contribution in [0, 0.1) is 0 Å². The second kappa shape index (κ2) is 5.27. The monoisotopic (exact) mass is 252 g/mol. The van der Waals surface area contributed by atoms with E-state index in [9.17, 15) is 9.90 Å². The number of carbonyl (C=O) groups is 1. The predicted molar refractivity (Wildman–Crippen MR) is 63.6 cm³/mol. The summed E-state index contributed by atoms with van der Waals surface area (Å²) in [4.78, 5) is 11.3. The normalized spacial score (nSPS) is 20.4. The van der Waals surface area contributed by atoms with Gasteiger partial charge in [0.05, 0.1) is 19.8 Å². The Balaban J connectivity index is 2.19. The molecular weight excluding hydrogens is 236 g/mol. The average Bonchev–Trinajstić information content (AvgIpc) is 2.75. The zero-order chi connectivity index (χ0) is 13.1. The molecule has 1 aromatic rings. The maximum absolute atomic E-state index is 11.3. The van der Waals surface area contributed by atoms with Crippen LogP contribution in [0.5, 0.6) is 11.5 Å². The van der Waals surface area contributed by atoms with Crippen molar-refractivity contribution in [2.45, 2.75) is 25.6 Å². The Labute approximate surface area is 105 Å². The van der Waals surface area contributed by atoms with Crippen molar-refractivity contribution in [3.63, 3.8) is 0 Å². The Morgan fingerprint density at radius 1 is 1.44 bits per heavy atom. The molecule has 1 saturated heterocycles. The maximum atomic E-state index is 11.3. The molecule has 5 nitrogen and oxygen atoms in total. The number of methoxy groups -OCH3 is 1. The summed E-state index contributed by atoms with van der Waals surface area (Å²) in [5.74, 6) is 0.621. The molecule has 0 amide bonds. The number of carbonyl (C=O) groups excluding carboxylic acids is 1. The standard InChI is InChI=1S/C13H16O5/c1-8(14)9-3-4-10(12(7-9)16-2)18-11-5-6-17-13(11)15/h3-4,7-8,11,14H,5-6H2,1-2H3/t8-,11?/m1/s1. The minimum atomic E-state index is -0.579. The van der Waals surface area contributed by atoms with E-state index in [-0.39, 0.29) is 5.97 Å². The van der Waals surface area contributed by atoms with Crippen molar-refractivity contribution >= 4 is 5.97 Å². The van der Waals surface area contributed by atoms with Crippen LogP contribution in [0.3, 0.4) is 0 Å². The molecule has 0 aromatic heterocycles. The SMILES string of the molecule is COc1cc([C@@H](C)O)ccc1OC1CCOC1=O. The van der Waals surface area contributed by atoms with Gasteiger partial charge in [0.25, 0.3) is 0 Å². The third-order valence-electron chi connectivity index (χ3n) is 2.83. The molecular formula is C13H16O5. The van der Waals surface area contributed by atoms with E-state index in [2.05, 4.69) is 0 Å². The van der Waals surface area contributed by atoms with Crippen molar-refractivity contribution in [1.82, 2.24) is 0 Å². The maximum Gasteiger partial charge on any atom is 0.347 e. The summed E-state index contributed by atoms with van der Waals surface area (Å²) in [5, 5.41) is 9.49. The molecule has 2 atom stereocenters. The summed E-state index contributed by atoms with van der Waals surface area (Å²) in [6.45, 7) is 2.06. The molecule has 1 aliphatic rings. The number of esters is 1. The molecule has 18 heavy (non-hydrogen) atoms. The first-order valence-electron chi connectivity index (χ1n) is 5.81. The zero-order valence-corrected chi connectivity index (χ0v) is 10.4. The molecule has 0 aliphatic carbocycles. The summed E-state index contributed by atoms with van der Waals surface area (Å²) in [7, 11) is 1.51. The first kappa shape index (κ1) is 12.7. The Kier molecular flexibility index (Phi) is 3.72. The van der Waals surface area contributed by atoms with Crippen molar-refractivity contribution < 1.29 is 24.1 Å². The van der Waals surface area contributed by atoms with E-state index >= 15 is 0 Å². The molecule has 0 radical (unpaired) electrons. The van der Waals surface area contributed by atoms with Crippen LogP contribution in [0.2, 0.25) is 0 Å². The minimum absolute atomic E-state index is 0.350. The smallest absolute Gasteiger partial charge is 0.347 e. The lowest BCUT2D eigenvalue weighted by Crippen LogP contribution is -2.22. The fourth-order valence-electron chi connectivity index (χ4n) is 1.78. The number of benzene rings is 1. The highest BCUT2D eigenvalue weighted by atomic mass is 16.6. The molecule has 5 heteroatoms. The summed E-state index contributed by atoms with van der Waals surface area (Å²) in [6, 6.07) is 5.12. The van der Waals surface area contributed by atoms with Crippen LogP contribution in [0.1, 0.15) is 25.0 Å². The van der Waals surface area contributed by atoms with Gasteiger partial charge in [-0.05, 0) is 24.6 Å². The van der Waals surface area contributed by atoms with Gasteiger partial charge in [-0.2, -0.15) is 0 Å². The lowest BCUT2D eigenvalue weighted by Gasteiger charge is -2.15. The summed E-state index contributed by atoms with van der Waals surface area (Å²) >= 11 is 0. The van der Waals surface area contributed by atoms with Gasteiger partial charge in [-0.25, -0.2) is 4.79 Å². The van der Waals surface area contributed by atoms with Gasteiger partial charge in [0.1, 0.15) is 0 Å².